The van der Waals surface area contributed by atoms with Gasteiger partial charge < -0.3 is 9.84 Å². The van der Waals surface area contributed by atoms with Crippen molar-refractivity contribution in [3.8, 4) is 11.1 Å². The SMILES string of the molecule is CNC(C)c1ccc(-c2conc2C)cc1. The highest BCUT2D eigenvalue weighted by atomic mass is 16.5. The number of aromatic nitrogens is 1. The Labute approximate surface area is 95.5 Å². The van der Waals surface area contributed by atoms with Gasteiger partial charge in [0, 0.05) is 11.6 Å². The predicted molar refractivity (Wildman–Crippen MR) is 64.2 cm³/mol. The molecule has 2 rings (SSSR count). The third kappa shape index (κ3) is 1.99. The molecule has 1 unspecified atom stereocenters. The molecule has 0 spiro atoms. The first-order chi connectivity index (χ1) is 7.72. The molecule has 0 saturated heterocycles. The van der Waals surface area contributed by atoms with Crippen LogP contribution >= 0.6 is 0 Å². The summed E-state index contributed by atoms with van der Waals surface area (Å²) in [4.78, 5) is 0. The van der Waals surface area contributed by atoms with Gasteiger partial charge in [-0.15, -0.1) is 0 Å². The maximum absolute atomic E-state index is 4.94. The van der Waals surface area contributed by atoms with Crippen LogP contribution in [0.25, 0.3) is 11.1 Å². The molecule has 3 heteroatoms. The highest BCUT2D eigenvalue weighted by Gasteiger charge is 2.07. The molecule has 1 aromatic heterocycles. The first-order valence-electron chi connectivity index (χ1n) is 5.41. The zero-order valence-corrected chi connectivity index (χ0v) is 9.82. The molecule has 1 N–H and O–H groups in total. The van der Waals surface area contributed by atoms with Gasteiger partial charge in [0.15, 0.2) is 0 Å². The maximum Gasteiger partial charge on any atom is 0.131 e. The van der Waals surface area contributed by atoms with Crippen LogP contribution in [0.4, 0.5) is 0 Å². The topological polar surface area (TPSA) is 38.1 Å². The molecule has 16 heavy (non-hydrogen) atoms. The van der Waals surface area contributed by atoms with Gasteiger partial charge >= 0.3 is 0 Å². The molecule has 0 aliphatic rings. The van der Waals surface area contributed by atoms with Crippen LogP contribution in [0.5, 0.6) is 0 Å². The van der Waals surface area contributed by atoms with Gasteiger partial charge in [0.1, 0.15) is 6.26 Å². The van der Waals surface area contributed by atoms with Crippen molar-refractivity contribution in [2.75, 3.05) is 7.05 Å². The van der Waals surface area contributed by atoms with E-state index in [0.717, 1.165) is 16.8 Å². The third-order valence-electron chi connectivity index (χ3n) is 2.90. The fraction of sp³-hybridized carbons (Fsp3) is 0.308. The molecule has 0 radical (unpaired) electrons. The lowest BCUT2D eigenvalue weighted by Gasteiger charge is -2.10. The Morgan fingerprint density at radius 2 is 1.94 bits per heavy atom. The fourth-order valence-corrected chi connectivity index (χ4v) is 1.69. The Morgan fingerprint density at radius 3 is 2.44 bits per heavy atom. The van der Waals surface area contributed by atoms with Gasteiger partial charge in [-0.1, -0.05) is 29.4 Å². The monoisotopic (exact) mass is 216 g/mol. The second-order valence-electron chi connectivity index (χ2n) is 3.95. The number of hydrogen-bond donors (Lipinski definition) is 1. The molecule has 0 fully saturated rings. The van der Waals surface area contributed by atoms with E-state index in [1.807, 2.05) is 14.0 Å². The minimum Gasteiger partial charge on any atom is -0.364 e. The standard InChI is InChI=1S/C13H16N2O/c1-9(14-3)11-4-6-12(7-5-11)13-8-16-15-10(13)2/h4-9,14H,1-3H3. The van der Waals surface area contributed by atoms with Crippen LogP contribution in [0.3, 0.4) is 0 Å². The van der Waals surface area contributed by atoms with E-state index >= 15 is 0 Å². The van der Waals surface area contributed by atoms with Crippen molar-refractivity contribution in [1.29, 1.82) is 0 Å². The quantitative estimate of drug-likeness (QED) is 0.857. The van der Waals surface area contributed by atoms with Crippen molar-refractivity contribution in [2.24, 2.45) is 0 Å². The summed E-state index contributed by atoms with van der Waals surface area (Å²) in [7, 11) is 1.96. The number of benzene rings is 1. The van der Waals surface area contributed by atoms with E-state index in [1.165, 1.54) is 5.56 Å². The van der Waals surface area contributed by atoms with E-state index in [9.17, 15) is 0 Å². The first kappa shape index (κ1) is 10.9. The van der Waals surface area contributed by atoms with E-state index in [4.69, 9.17) is 4.52 Å². The number of rotatable bonds is 3. The molecule has 0 aliphatic carbocycles. The van der Waals surface area contributed by atoms with Crippen LogP contribution in [-0.2, 0) is 0 Å². The van der Waals surface area contributed by atoms with Crippen molar-refractivity contribution >= 4 is 0 Å². The van der Waals surface area contributed by atoms with Gasteiger partial charge in [0.05, 0.1) is 5.69 Å². The molecule has 1 heterocycles. The van der Waals surface area contributed by atoms with E-state index in [0.29, 0.717) is 6.04 Å². The van der Waals surface area contributed by atoms with E-state index in [2.05, 4.69) is 41.7 Å². The van der Waals surface area contributed by atoms with Crippen molar-refractivity contribution in [3.05, 3.63) is 41.8 Å². The van der Waals surface area contributed by atoms with Crippen molar-refractivity contribution < 1.29 is 4.52 Å². The summed E-state index contributed by atoms with van der Waals surface area (Å²) in [5.41, 5.74) is 4.41. The van der Waals surface area contributed by atoms with Crippen LogP contribution < -0.4 is 5.32 Å². The maximum atomic E-state index is 4.94. The average molecular weight is 216 g/mol. The largest absolute Gasteiger partial charge is 0.364 e. The van der Waals surface area contributed by atoms with Gasteiger partial charge in [0.25, 0.3) is 0 Å². The Morgan fingerprint density at radius 1 is 1.25 bits per heavy atom. The van der Waals surface area contributed by atoms with Crippen LogP contribution in [-0.4, -0.2) is 12.2 Å². The van der Waals surface area contributed by atoms with Crippen LogP contribution in [0, 0.1) is 6.92 Å². The molecule has 0 amide bonds. The van der Waals surface area contributed by atoms with Gasteiger partial charge in [-0.05, 0) is 32.0 Å². The molecule has 0 bridgehead atoms. The highest BCUT2D eigenvalue weighted by molar-refractivity contribution is 5.64. The van der Waals surface area contributed by atoms with E-state index in [-0.39, 0.29) is 0 Å². The zero-order chi connectivity index (χ0) is 11.5. The van der Waals surface area contributed by atoms with Gasteiger partial charge in [-0.25, -0.2) is 0 Å². The molecule has 2 aromatic rings. The minimum atomic E-state index is 0.373. The van der Waals surface area contributed by atoms with Crippen molar-refractivity contribution in [1.82, 2.24) is 10.5 Å². The van der Waals surface area contributed by atoms with Crippen LogP contribution in [0.1, 0.15) is 24.2 Å². The zero-order valence-electron chi connectivity index (χ0n) is 9.82. The Bertz CT molecular complexity index is 459. The first-order valence-corrected chi connectivity index (χ1v) is 5.41. The number of aryl methyl sites for hydroxylation is 1. The number of nitrogens with one attached hydrogen (secondary N) is 1. The van der Waals surface area contributed by atoms with Gasteiger partial charge in [0.2, 0.25) is 0 Å². The molecule has 84 valence electrons. The molecular formula is C13H16N2O. The highest BCUT2D eigenvalue weighted by Crippen LogP contribution is 2.24. The van der Waals surface area contributed by atoms with Crippen LogP contribution in [0.2, 0.25) is 0 Å². The Balaban J connectivity index is 2.30. The molecule has 1 aromatic carbocycles. The molecule has 0 aliphatic heterocycles. The molecular weight excluding hydrogens is 200 g/mol. The summed E-state index contributed by atoms with van der Waals surface area (Å²) in [5, 5.41) is 7.10. The summed E-state index contributed by atoms with van der Waals surface area (Å²) < 4.78 is 4.94. The van der Waals surface area contributed by atoms with Crippen molar-refractivity contribution in [2.45, 2.75) is 19.9 Å². The summed E-state index contributed by atoms with van der Waals surface area (Å²) in [6.07, 6.45) is 1.69. The molecule has 0 saturated carbocycles. The fourth-order valence-electron chi connectivity index (χ4n) is 1.69. The smallest absolute Gasteiger partial charge is 0.131 e. The average Bonchev–Trinajstić information content (AvgIpc) is 2.75. The predicted octanol–water partition coefficient (Wildman–Crippen LogP) is 2.93. The lowest BCUT2D eigenvalue weighted by molar-refractivity contribution is 0.415. The molecule has 3 nitrogen and oxygen atoms in total. The minimum absolute atomic E-state index is 0.373. The number of hydrogen-bond acceptors (Lipinski definition) is 3. The van der Waals surface area contributed by atoms with Gasteiger partial charge in [-0.3, -0.25) is 0 Å². The summed E-state index contributed by atoms with van der Waals surface area (Å²) in [6, 6.07) is 8.83. The number of nitrogens with zero attached hydrogens (tertiary/aromatic N) is 1. The molecule has 1 atom stereocenters. The third-order valence-corrected chi connectivity index (χ3v) is 2.90. The van der Waals surface area contributed by atoms with Crippen LogP contribution in [0.15, 0.2) is 35.1 Å². The second-order valence-corrected chi connectivity index (χ2v) is 3.95. The summed E-state index contributed by atoms with van der Waals surface area (Å²) >= 11 is 0. The Hall–Kier alpha value is -1.61. The van der Waals surface area contributed by atoms with Gasteiger partial charge in [-0.2, -0.15) is 0 Å². The van der Waals surface area contributed by atoms with E-state index in [1.54, 1.807) is 6.26 Å². The Kier molecular flexibility index (Phi) is 3.06. The summed E-state index contributed by atoms with van der Waals surface area (Å²) in [5.74, 6) is 0. The van der Waals surface area contributed by atoms with Crippen molar-refractivity contribution in [3.63, 3.8) is 0 Å². The van der Waals surface area contributed by atoms with E-state index < -0.39 is 0 Å². The summed E-state index contributed by atoms with van der Waals surface area (Å²) in [6.45, 7) is 4.09. The lowest BCUT2D eigenvalue weighted by Crippen LogP contribution is -2.11. The second kappa shape index (κ2) is 4.49. The normalized spacial score (nSPS) is 12.7. The lowest BCUT2D eigenvalue weighted by atomic mass is 10.0.